The summed E-state index contributed by atoms with van der Waals surface area (Å²) in [5.41, 5.74) is 1.91. The van der Waals surface area contributed by atoms with Crippen molar-refractivity contribution in [2.24, 2.45) is 5.92 Å². The van der Waals surface area contributed by atoms with Crippen LogP contribution in [0, 0.1) is 5.92 Å². The fraction of sp³-hybridized carbons (Fsp3) is 0.385. The van der Waals surface area contributed by atoms with Gasteiger partial charge in [-0.1, -0.05) is 48.5 Å². The van der Waals surface area contributed by atoms with Gasteiger partial charge in [-0.05, 0) is 43.4 Å². The first kappa shape index (κ1) is 23.0. The van der Waals surface area contributed by atoms with Crippen LogP contribution in [0.15, 0.2) is 71.8 Å². The second-order valence-corrected chi connectivity index (χ2v) is 10.9. The maximum Gasteiger partial charge on any atom is 0.242 e. The molecule has 2 fully saturated rings. The highest BCUT2D eigenvalue weighted by molar-refractivity contribution is 7.89. The summed E-state index contributed by atoms with van der Waals surface area (Å²) in [5.74, 6) is 0.128. The Labute approximate surface area is 200 Å². The van der Waals surface area contributed by atoms with Crippen molar-refractivity contribution < 1.29 is 13.2 Å². The smallest absolute Gasteiger partial charge is 0.242 e. The van der Waals surface area contributed by atoms with E-state index in [0.29, 0.717) is 32.2 Å². The van der Waals surface area contributed by atoms with E-state index in [1.165, 1.54) is 6.20 Å². The molecule has 2 N–H and O–H groups in total. The van der Waals surface area contributed by atoms with Gasteiger partial charge in [-0.3, -0.25) is 9.78 Å². The molecule has 1 aliphatic carbocycles. The lowest BCUT2D eigenvalue weighted by molar-refractivity contribution is -0.140. The van der Waals surface area contributed by atoms with E-state index in [9.17, 15) is 13.2 Å². The van der Waals surface area contributed by atoms with E-state index in [1.54, 1.807) is 6.07 Å². The van der Waals surface area contributed by atoms with Crippen molar-refractivity contribution in [1.82, 2.24) is 19.9 Å². The van der Waals surface area contributed by atoms with Crippen LogP contribution in [0.5, 0.6) is 0 Å². The van der Waals surface area contributed by atoms with E-state index in [-0.39, 0.29) is 28.8 Å². The van der Waals surface area contributed by atoms with Gasteiger partial charge in [0, 0.05) is 43.2 Å². The van der Waals surface area contributed by atoms with Crippen LogP contribution >= 0.6 is 0 Å². The van der Waals surface area contributed by atoms with Gasteiger partial charge in [0.1, 0.15) is 4.90 Å². The van der Waals surface area contributed by atoms with Gasteiger partial charge < -0.3 is 10.2 Å². The summed E-state index contributed by atoms with van der Waals surface area (Å²) in [4.78, 5) is 19.9. The molecule has 2 aliphatic rings. The first-order valence-corrected chi connectivity index (χ1v) is 13.4. The molecule has 1 atom stereocenters. The van der Waals surface area contributed by atoms with Crippen LogP contribution < -0.4 is 10.0 Å². The predicted octanol–water partition coefficient (Wildman–Crippen LogP) is 3.25. The van der Waals surface area contributed by atoms with Crippen LogP contribution in [0.3, 0.4) is 0 Å². The molecule has 178 valence electrons. The average molecular weight is 479 g/mol. The first-order chi connectivity index (χ1) is 16.5. The normalized spacial score (nSPS) is 23.6. The molecule has 3 aromatic rings. The van der Waals surface area contributed by atoms with Crippen molar-refractivity contribution in [2.75, 3.05) is 19.6 Å². The number of aromatic nitrogens is 1. The van der Waals surface area contributed by atoms with Crippen LogP contribution in [0.4, 0.5) is 0 Å². The van der Waals surface area contributed by atoms with E-state index in [4.69, 9.17) is 0 Å². The zero-order valence-electron chi connectivity index (χ0n) is 19.1. The van der Waals surface area contributed by atoms with Crippen molar-refractivity contribution in [3.8, 4) is 0 Å². The second-order valence-electron chi connectivity index (χ2n) is 9.20. The molecule has 7 nitrogen and oxygen atoms in total. The summed E-state index contributed by atoms with van der Waals surface area (Å²) in [6, 6.07) is 19.1. The molecule has 1 aliphatic heterocycles. The number of fused-ring (bicyclic) bond motifs is 1. The van der Waals surface area contributed by atoms with E-state index in [0.717, 1.165) is 29.6 Å². The maximum absolute atomic E-state index is 13.4. The number of carbonyl (C=O) groups excluding carboxylic acids is 1. The van der Waals surface area contributed by atoms with Crippen molar-refractivity contribution in [3.63, 3.8) is 0 Å². The quantitative estimate of drug-likeness (QED) is 0.588. The van der Waals surface area contributed by atoms with Gasteiger partial charge in [-0.2, -0.15) is 0 Å². The minimum Gasteiger partial charge on any atom is -0.333 e. The first-order valence-electron chi connectivity index (χ1n) is 11.9. The summed E-state index contributed by atoms with van der Waals surface area (Å²) in [5, 5.41) is 4.20. The zero-order valence-corrected chi connectivity index (χ0v) is 19.9. The molecule has 2 aromatic carbocycles. The molecule has 1 saturated carbocycles. The third-order valence-corrected chi connectivity index (χ3v) is 8.47. The predicted molar refractivity (Wildman–Crippen MR) is 132 cm³/mol. The highest BCUT2D eigenvalue weighted by atomic mass is 32.2. The number of nitrogens with one attached hydrogen (secondary N) is 2. The number of nitrogens with zero attached hydrogens (tertiary/aromatic N) is 2. The monoisotopic (exact) mass is 478 g/mol. The highest BCUT2D eigenvalue weighted by Gasteiger charge is 2.35. The van der Waals surface area contributed by atoms with Gasteiger partial charge in [0.2, 0.25) is 15.9 Å². The van der Waals surface area contributed by atoms with Gasteiger partial charge in [0.25, 0.3) is 0 Å². The lowest BCUT2D eigenvalue weighted by Crippen LogP contribution is -2.51. The third kappa shape index (κ3) is 4.85. The molecule has 0 radical (unpaired) electrons. The number of hydrogen-bond donors (Lipinski definition) is 2. The highest BCUT2D eigenvalue weighted by Crippen LogP contribution is 2.31. The Morgan fingerprint density at radius 2 is 1.74 bits per heavy atom. The van der Waals surface area contributed by atoms with Crippen molar-refractivity contribution in [2.45, 2.75) is 42.7 Å². The fourth-order valence-electron chi connectivity index (χ4n) is 5.12. The second kappa shape index (κ2) is 9.82. The molecule has 8 heteroatoms. The number of carbonyl (C=O) groups is 1. The molecule has 5 rings (SSSR count). The largest absolute Gasteiger partial charge is 0.333 e. The number of amides is 1. The number of benzene rings is 2. The molecule has 0 spiro atoms. The molecular formula is C26H30N4O3S. The topological polar surface area (TPSA) is 91.4 Å². The number of para-hydroxylation sites is 1. The Morgan fingerprint density at radius 3 is 2.53 bits per heavy atom. The number of rotatable bonds is 5. The molecule has 1 aromatic heterocycles. The number of sulfonamides is 1. The standard InChI is InChI=1S/C26H30N4O3S/c31-26(30-15-14-27-18-25(30)19-6-2-1-3-7-19)20-10-12-22(13-11-20)29-34(32,33)23-16-21-8-4-5-9-24(21)28-17-23/h1-9,16-17,20,22,25,27,29H,10-15,18H2/t20-,22-,25?. The summed E-state index contributed by atoms with van der Waals surface area (Å²) in [6.07, 6.45) is 4.09. The van der Waals surface area contributed by atoms with Crippen LogP contribution in [-0.4, -0.2) is 49.9 Å². The van der Waals surface area contributed by atoms with Gasteiger partial charge in [-0.25, -0.2) is 13.1 Å². The lowest BCUT2D eigenvalue weighted by Gasteiger charge is -2.40. The van der Waals surface area contributed by atoms with Crippen LogP contribution in [0.2, 0.25) is 0 Å². The SMILES string of the molecule is O=C([C@H]1CC[C@H](NS(=O)(=O)c2cnc3ccccc3c2)CC1)N1CCNCC1c1ccccc1. The Bertz CT molecular complexity index is 1260. The van der Waals surface area contributed by atoms with E-state index in [2.05, 4.69) is 27.2 Å². The maximum atomic E-state index is 13.4. The summed E-state index contributed by atoms with van der Waals surface area (Å²) in [6.45, 7) is 2.24. The van der Waals surface area contributed by atoms with Gasteiger partial charge in [-0.15, -0.1) is 0 Å². The Balaban J connectivity index is 1.22. The summed E-state index contributed by atoms with van der Waals surface area (Å²) >= 11 is 0. The van der Waals surface area contributed by atoms with Crippen molar-refractivity contribution >= 4 is 26.8 Å². The fourth-order valence-corrected chi connectivity index (χ4v) is 6.40. The summed E-state index contributed by atoms with van der Waals surface area (Å²) < 4.78 is 28.8. The van der Waals surface area contributed by atoms with Crippen LogP contribution in [0.25, 0.3) is 10.9 Å². The van der Waals surface area contributed by atoms with Gasteiger partial charge in [0.05, 0.1) is 11.6 Å². The van der Waals surface area contributed by atoms with Crippen LogP contribution in [-0.2, 0) is 14.8 Å². The average Bonchev–Trinajstić information content (AvgIpc) is 2.89. The zero-order chi connectivity index (χ0) is 23.5. The summed E-state index contributed by atoms with van der Waals surface area (Å²) in [7, 11) is -3.67. The minimum atomic E-state index is -3.67. The molecule has 34 heavy (non-hydrogen) atoms. The molecule has 2 heterocycles. The van der Waals surface area contributed by atoms with Crippen molar-refractivity contribution in [1.29, 1.82) is 0 Å². The van der Waals surface area contributed by atoms with Gasteiger partial charge in [0.15, 0.2) is 0 Å². The number of piperazine rings is 1. The van der Waals surface area contributed by atoms with E-state index >= 15 is 0 Å². The molecular weight excluding hydrogens is 448 g/mol. The Hall–Kier alpha value is -2.81. The van der Waals surface area contributed by atoms with E-state index < -0.39 is 10.0 Å². The molecule has 1 saturated heterocycles. The van der Waals surface area contributed by atoms with Crippen LogP contribution in [0.1, 0.15) is 37.3 Å². The van der Waals surface area contributed by atoms with Gasteiger partial charge >= 0.3 is 0 Å². The molecule has 0 bridgehead atoms. The lowest BCUT2D eigenvalue weighted by atomic mass is 9.85. The molecule has 1 amide bonds. The molecule has 1 unspecified atom stereocenters. The Morgan fingerprint density at radius 1 is 1.00 bits per heavy atom. The third-order valence-electron chi connectivity index (χ3n) is 6.98. The minimum absolute atomic E-state index is 0.0408. The number of hydrogen-bond acceptors (Lipinski definition) is 5. The van der Waals surface area contributed by atoms with Crippen molar-refractivity contribution in [3.05, 3.63) is 72.4 Å². The van der Waals surface area contributed by atoms with E-state index in [1.807, 2.05) is 47.4 Å². The number of pyridine rings is 1. The Kier molecular flexibility index (Phi) is 6.63.